The summed E-state index contributed by atoms with van der Waals surface area (Å²) in [5.41, 5.74) is 4.84. The van der Waals surface area contributed by atoms with E-state index in [1.54, 1.807) is 0 Å². The van der Waals surface area contributed by atoms with Gasteiger partial charge in [0.2, 0.25) is 0 Å². The van der Waals surface area contributed by atoms with Gasteiger partial charge in [-0.25, -0.2) is 0 Å². The first-order valence-corrected chi connectivity index (χ1v) is 4.09. The average Bonchev–Trinajstić information content (AvgIpc) is 1.99. The van der Waals surface area contributed by atoms with E-state index in [2.05, 4.69) is 0 Å². The minimum absolute atomic E-state index is 0. The van der Waals surface area contributed by atoms with Gasteiger partial charge in [0.25, 0.3) is 11.9 Å². The standard InChI is InChI=1S/C4H7NO4.2C2H4O2.4Na/c5-2(4(8)9)1-3(6)7;2*1-2(3)4;;;;/h2H,1,5H2,(H,6,7)(H,8,9);2*1H3,(H,3,4);;;;/t2-;;;;;;/m0....../s1. The number of carbonyl (C=O) groups is 4. The zero-order valence-corrected chi connectivity index (χ0v) is 21.3. The zero-order valence-electron chi connectivity index (χ0n) is 13.3. The average molecular weight is 345 g/mol. The number of aliphatic carboxylic acids is 4. The van der Waals surface area contributed by atoms with E-state index < -0.39 is 36.3 Å². The third-order valence-electron chi connectivity index (χ3n) is 0.712. The maximum absolute atomic E-state index is 9.85. The van der Waals surface area contributed by atoms with Crippen molar-refractivity contribution in [3.05, 3.63) is 0 Å². The third-order valence-corrected chi connectivity index (χ3v) is 0.712. The second kappa shape index (κ2) is 29.8. The zero-order chi connectivity index (χ0) is 14.6. The van der Waals surface area contributed by atoms with Crippen LogP contribution in [0, 0.1) is 0 Å². The molecular weight excluding hydrogens is 330 g/mol. The first-order chi connectivity index (χ1) is 7.50. The van der Waals surface area contributed by atoms with Crippen LogP contribution in [0.2, 0.25) is 0 Å². The molecule has 21 heavy (non-hydrogen) atoms. The molecule has 0 unspecified atom stereocenters. The van der Waals surface area contributed by atoms with Crippen molar-refractivity contribution in [2.45, 2.75) is 26.3 Å². The summed E-state index contributed by atoms with van der Waals surface area (Å²) in [5.74, 6) is -4.16. The number of carboxylic acid groups (broad SMARTS) is 4. The molecular formula is C8H15NNa4O8. The van der Waals surface area contributed by atoms with Crippen LogP contribution in [-0.2, 0) is 19.2 Å². The molecule has 1 atom stereocenters. The van der Waals surface area contributed by atoms with Crippen molar-refractivity contribution < 1.29 is 39.6 Å². The topological polar surface area (TPSA) is 175 Å². The first kappa shape index (κ1) is 43.4. The van der Waals surface area contributed by atoms with Crippen LogP contribution < -0.4 is 5.73 Å². The Morgan fingerprint density at radius 3 is 1.05 bits per heavy atom. The Kier molecular flexibility index (Phi) is 61.6. The molecule has 9 nitrogen and oxygen atoms in total. The van der Waals surface area contributed by atoms with Crippen LogP contribution in [0.25, 0.3) is 0 Å². The molecule has 13 heteroatoms. The van der Waals surface area contributed by atoms with Gasteiger partial charge in [-0.05, 0) is 0 Å². The minimum atomic E-state index is -1.29. The van der Waals surface area contributed by atoms with E-state index in [4.69, 9.17) is 35.7 Å². The van der Waals surface area contributed by atoms with E-state index in [1.165, 1.54) is 0 Å². The Morgan fingerprint density at radius 2 is 1.00 bits per heavy atom. The van der Waals surface area contributed by atoms with Gasteiger partial charge >= 0.3 is 11.9 Å². The van der Waals surface area contributed by atoms with Crippen LogP contribution in [0.15, 0.2) is 0 Å². The largest absolute Gasteiger partial charge is 0.481 e. The van der Waals surface area contributed by atoms with Crippen LogP contribution >= 0.6 is 0 Å². The van der Waals surface area contributed by atoms with Crippen molar-refractivity contribution in [2.24, 2.45) is 5.73 Å². The quantitative estimate of drug-likeness (QED) is 0.347. The molecule has 0 aliphatic heterocycles. The van der Waals surface area contributed by atoms with E-state index in [-0.39, 0.29) is 118 Å². The van der Waals surface area contributed by atoms with Crippen molar-refractivity contribution in [1.82, 2.24) is 0 Å². The molecule has 0 aromatic carbocycles. The Hall–Kier alpha value is 1.84. The van der Waals surface area contributed by atoms with E-state index in [1.807, 2.05) is 0 Å². The molecule has 104 valence electrons. The van der Waals surface area contributed by atoms with Crippen molar-refractivity contribution in [3.63, 3.8) is 0 Å². The molecule has 0 amide bonds. The van der Waals surface area contributed by atoms with Crippen LogP contribution in [0.3, 0.4) is 0 Å². The van der Waals surface area contributed by atoms with Gasteiger partial charge in [0.15, 0.2) is 0 Å². The summed E-state index contributed by atoms with van der Waals surface area (Å²) in [6.45, 7) is 2.17. The van der Waals surface area contributed by atoms with Crippen LogP contribution in [0.4, 0.5) is 0 Å². The third kappa shape index (κ3) is 88.8. The van der Waals surface area contributed by atoms with E-state index in [9.17, 15) is 9.59 Å². The minimum Gasteiger partial charge on any atom is -0.481 e. The number of hydrogen-bond acceptors (Lipinski definition) is 5. The fraction of sp³-hybridized carbons (Fsp3) is 0.500. The van der Waals surface area contributed by atoms with Crippen molar-refractivity contribution >= 4 is 142 Å². The smallest absolute Gasteiger partial charge is 0.321 e. The van der Waals surface area contributed by atoms with Crippen molar-refractivity contribution in [1.29, 1.82) is 0 Å². The fourth-order valence-corrected chi connectivity index (χ4v) is 0.275. The van der Waals surface area contributed by atoms with Crippen molar-refractivity contribution in [2.75, 3.05) is 0 Å². The molecule has 6 N–H and O–H groups in total. The van der Waals surface area contributed by atoms with Gasteiger partial charge in [-0.3, -0.25) is 19.2 Å². The monoisotopic (exact) mass is 345 g/mol. The number of rotatable bonds is 3. The fourth-order valence-electron chi connectivity index (χ4n) is 0.275. The Balaban J connectivity index is -0.0000000285. The number of nitrogens with two attached hydrogens (primary N) is 1. The summed E-state index contributed by atoms with van der Waals surface area (Å²) in [6, 6.07) is -1.29. The molecule has 0 aliphatic carbocycles. The van der Waals surface area contributed by atoms with Crippen molar-refractivity contribution in [3.8, 4) is 0 Å². The van der Waals surface area contributed by atoms with Crippen LogP contribution in [0.5, 0.6) is 0 Å². The molecule has 0 aromatic heterocycles. The summed E-state index contributed by atoms with van der Waals surface area (Å²) in [7, 11) is 0. The molecule has 0 bridgehead atoms. The molecule has 0 fully saturated rings. The second-order valence-corrected chi connectivity index (χ2v) is 2.58. The van der Waals surface area contributed by atoms with E-state index in [0.717, 1.165) is 13.8 Å². The predicted octanol–water partition coefficient (Wildman–Crippen LogP) is -2.47. The SMILES string of the molecule is CC(=O)O.CC(=O)O.N[C@@H](CC(=O)O)C(=O)O.[Na].[Na].[Na].[Na]. The summed E-state index contributed by atoms with van der Waals surface area (Å²) in [5, 5.41) is 30.9. The molecule has 0 saturated carbocycles. The van der Waals surface area contributed by atoms with E-state index in [0.29, 0.717) is 0 Å². The van der Waals surface area contributed by atoms with Gasteiger partial charge < -0.3 is 26.2 Å². The molecule has 0 aromatic rings. The van der Waals surface area contributed by atoms with Gasteiger partial charge in [-0.1, -0.05) is 0 Å². The second-order valence-electron chi connectivity index (χ2n) is 2.58. The summed E-state index contributed by atoms with van der Waals surface area (Å²) < 4.78 is 0. The molecule has 0 spiro atoms. The Labute approximate surface area is 210 Å². The summed E-state index contributed by atoms with van der Waals surface area (Å²) >= 11 is 0. The molecule has 4 radical (unpaired) electrons. The van der Waals surface area contributed by atoms with E-state index >= 15 is 0 Å². The molecule has 0 aliphatic rings. The maximum atomic E-state index is 9.85. The van der Waals surface area contributed by atoms with Crippen LogP contribution in [-0.4, -0.2) is 169 Å². The van der Waals surface area contributed by atoms with Gasteiger partial charge in [-0.15, -0.1) is 0 Å². The van der Waals surface area contributed by atoms with Gasteiger partial charge in [0.05, 0.1) is 6.42 Å². The molecule has 0 rings (SSSR count). The summed E-state index contributed by atoms with van der Waals surface area (Å²) in [6.07, 6.45) is -0.532. The Morgan fingerprint density at radius 1 is 0.810 bits per heavy atom. The first-order valence-electron chi connectivity index (χ1n) is 4.09. The Bertz CT molecular complexity index is 269. The van der Waals surface area contributed by atoms with Gasteiger partial charge in [-0.2, -0.15) is 0 Å². The maximum Gasteiger partial charge on any atom is 0.321 e. The molecule has 0 saturated heterocycles. The van der Waals surface area contributed by atoms with Gasteiger partial charge in [0.1, 0.15) is 6.04 Å². The molecule has 0 heterocycles. The normalized spacial score (nSPS) is 7.76. The summed E-state index contributed by atoms with van der Waals surface area (Å²) in [4.78, 5) is 37.6. The van der Waals surface area contributed by atoms with Gasteiger partial charge in [0, 0.05) is 132 Å². The number of hydrogen-bond donors (Lipinski definition) is 5. The van der Waals surface area contributed by atoms with Crippen LogP contribution in [0.1, 0.15) is 20.3 Å². The predicted molar refractivity (Wildman–Crippen MR) is 77.5 cm³/mol. The number of carboxylic acids is 4.